The van der Waals surface area contributed by atoms with Gasteiger partial charge in [-0.3, -0.25) is 0 Å². The Hall–Kier alpha value is -4.19. The minimum absolute atomic E-state index is 0. The van der Waals surface area contributed by atoms with Gasteiger partial charge in [-0.1, -0.05) is 62.0 Å². The summed E-state index contributed by atoms with van der Waals surface area (Å²) in [6, 6.07) is 24.2. The second kappa shape index (κ2) is 11.2. The van der Waals surface area contributed by atoms with Crippen LogP contribution in [0.3, 0.4) is 0 Å². The highest BCUT2D eigenvalue weighted by Crippen LogP contribution is 2.28. The fourth-order valence-corrected chi connectivity index (χ4v) is 4.70. The predicted molar refractivity (Wildman–Crippen MR) is 153 cm³/mol. The van der Waals surface area contributed by atoms with Crippen molar-refractivity contribution < 1.29 is 4.39 Å². The number of hydrogen-bond donors (Lipinski definition) is 3. The monoisotopic (exact) mass is 495 g/mol. The van der Waals surface area contributed by atoms with E-state index in [1.807, 2.05) is 39.0 Å². The van der Waals surface area contributed by atoms with Crippen LogP contribution < -0.4 is 10.6 Å². The van der Waals surface area contributed by atoms with E-state index in [0.29, 0.717) is 24.4 Å². The number of H-pyrrole nitrogens is 1. The van der Waals surface area contributed by atoms with Gasteiger partial charge in [-0.15, -0.1) is 0 Å². The first kappa shape index (κ1) is 25.9. The molecule has 5 nitrogen and oxygen atoms in total. The van der Waals surface area contributed by atoms with Crippen molar-refractivity contribution in [3.05, 3.63) is 107 Å². The van der Waals surface area contributed by atoms with Crippen molar-refractivity contribution in [1.29, 1.82) is 0 Å². The zero-order chi connectivity index (χ0) is 25.1. The van der Waals surface area contributed by atoms with Crippen LogP contribution in [0.1, 0.15) is 35.6 Å². The summed E-state index contributed by atoms with van der Waals surface area (Å²) < 4.78 is 14.3. The van der Waals surface area contributed by atoms with Crippen LogP contribution in [-0.4, -0.2) is 21.5 Å². The van der Waals surface area contributed by atoms with E-state index < -0.39 is 0 Å². The fraction of sp³-hybridized carbons (Fsp3) is 0.226. The van der Waals surface area contributed by atoms with Gasteiger partial charge in [0.15, 0.2) is 0 Å². The lowest BCUT2D eigenvalue weighted by Gasteiger charge is -2.11. The van der Waals surface area contributed by atoms with Crippen LogP contribution in [0.15, 0.2) is 72.8 Å². The van der Waals surface area contributed by atoms with Crippen molar-refractivity contribution >= 4 is 22.5 Å². The Morgan fingerprint density at radius 2 is 1.54 bits per heavy atom. The molecule has 0 saturated carbocycles. The van der Waals surface area contributed by atoms with Gasteiger partial charge in [-0.25, -0.2) is 14.4 Å². The lowest BCUT2D eigenvalue weighted by atomic mass is 10.0. The average Bonchev–Trinajstić information content (AvgIpc) is 3.23. The van der Waals surface area contributed by atoms with Crippen molar-refractivity contribution in [1.82, 2.24) is 15.0 Å². The molecule has 5 aromatic rings. The summed E-state index contributed by atoms with van der Waals surface area (Å²) in [5.41, 5.74) is 7.37. The van der Waals surface area contributed by atoms with E-state index in [-0.39, 0.29) is 13.2 Å². The van der Waals surface area contributed by atoms with Gasteiger partial charge < -0.3 is 15.6 Å². The first-order valence-corrected chi connectivity index (χ1v) is 12.2. The largest absolute Gasteiger partial charge is 0.370 e. The van der Waals surface area contributed by atoms with Crippen molar-refractivity contribution in [2.75, 3.05) is 17.2 Å². The third-order valence-corrected chi connectivity index (χ3v) is 6.46. The van der Waals surface area contributed by atoms with Crippen LogP contribution in [0.25, 0.3) is 22.0 Å². The summed E-state index contributed by atoms with van der Waals surface area (Å²) in [5, 5.41) is 7.83. The van der Waals surface area contributed by atoms with Gasteiger partial charge in [0.1, 0.15) is 23.3 Å². The number of hydrogen-bond acceptors (Lipinski definition) is 4. The molecule has 0 bridgehead atoms. The van der Waals surface area contributed by atoms with Crippen LogP contribution in [0.2, 0.25) is 0 Å². The minimum Gasteiger partial charge on any atom is -0.370 e. The molecule has 0 fully saturated rings. The van der Waals surface area contributed by atoms with Crippen LogP contribution in [0, 0.1) is 26.6 Å². The van der Waals surface area contributed by atoms with Gasteiger partial charge in [0, 0.05) is 30.2 Å². The maximum atomic E-state index is 14.3. The molecule has 2 aromatic heterocycles. The van der Waals surface area contributed by atoms with Gasteiger partial charge in [-0.05, 0) is 67.1 Å². The molecule has 0 radical (unpaired) electrons. The molecule has 0 aliphatic rings. The molecule has 0 spiro atoms. The smallest absolute Gasteiger partial charge is 0.147 e. The molecule has 0 saturated heterocycles. The average molecular weight is 496 g/mol. The Balaban J connectivity index is 0.00000320. The number of aromatic amines is 1. The quantitative estimate of drug-likeness (QED) is 0.207. The first-order chi connectivity index (χ1) is 17.5. The third-order valence-electron chi connectivity index (χ3n) is 6.46. The van der Waals surface area contributed by atoms with E-state index in [1.54, 1.807) is 0 Å². The summed E-state index contributed by atoms with van der Waals surface area (Å²) in [4.78, 5) is 12.3. The molecule has 3 aromatic carbocycles. The summed E-state index contributed by atoms with van der Waals surface area (Å²) in [6.07, 6.45) is 0.758. The number of halogens is 1. The standard InChI is InChI=1S/C30H30FN5.CH4/c1-19-12-13-26(31)30-29(19)25(20(2)34-30)14-15-32-27-17-28(36-21(3)35-27)33-18-22-8-7-11-24(16-22)23-9-5-4-6-10-23;/h4-13,16-17,34H,14-15,18H2,1-3H3,(H2,32,33,35,36);1H4. The highest BCUT2D eigenvalue weighted by atomic mass is 19.1. The molecule has 2 heterocycles. The van der Waals surface area contributed by atoms with Crippen LogP contribution in [-0.2, 0) is 13.0 Å². The van der Waals surface area contributed by atoms with Crippen molar-refractivity contribution in [2.45, 2.75) is 41.2 Å². The topological polar surface area (TPSA) is 65.6 Å². The number of benzene rings is 3. The maximum absolute atomic E-state index is 14.3. The second-order valence-electron chi connectivity index (χ2n) is 9.13. The second-order valence-corrected chi connectivity index (χ2v) is 9.13. The number of rotatable bonds is 8. The van der Waals surface area contributed by atoms with E-state index in [4.69, 9.17) is 0 Å². The number of fused-ring (bicyclic) bond motifs is 1. The lowest BCUT2D eigenvalue weighted by Crippen LogP contribution is -2.10. The van der Waals surface area contributed by atoms with Gasteiger partial charge in [0.25, 0.3) is 0 Å². The molecule has 3 N–H and O–H groups in total. The number of nitrogens with zero attached hydrogens (tertiary/aromatic N) is 2. The Morgan fingerprint density at radius 1 is 0.811 bits per heavy atom. The molecule has 0 unspecified atom stereocenters. The number of aryl methyl sites for hydroxylation is 3. The van der Waals surface area contributed by atoms with Crippen LogP contribution >= 0.6 is 0 Å². The van der Waals surface area contributed by atoms with Crippen molar-refractivity contribution in [3.63, 3.8) is 0 Å². The third kappa shape index (κ3) is 5.80. The normalized spacial score (nSPS) is 10.8. The molecule has 6 heteroatoms. The van der Waals surface area contributed by atoms with E-state index in [2.05, 4.69) is 74.1 Å². The minimum atomic E-state index is -0.214. The first-order valence-electron chi connectivity index (χ1n) is 12.2. The predicted octanol–water partition coefficient (Wildman–Crippen LogP) is 7.59. The van der Waals surface area contributed by atoms with Gasteiger partial charge in [-0.2, -0.15) is 0 Å². The molecule has 0 aliphatic carbocycles. The molecule has 0 atom stereocenters. The van der Waals surface area contributed by atoms with Crippen LogP contribution in [0.4, 0.5) is 16.0 Å². The van der Waals surface area contributed by atoms with Gasteiger partial charge >= 0.3 is 0 Å². The van der Waals surface area contributed by atoms with E-state index >= 15 is 0 Å². The highest BCUT2D eigenvalue weighted by molar-refractivity contribution is 5.88. The van der Waals surface area contributed by atoms with Crippen molar-refractivity contribution in [2.24, 2.45) is 0 Å². The van der Waals surface area contributed by atoms with Crippen LogP contribution in [0.5, 0.6) is 0 Å². The highest BCUT2D eigenvalue weighted by Gasteiger charge is 2.14. The zero-order valence-corrected chi connectivity index (χ0v) is 20.8. The Morgan fingerprint density at radius 3 is 2.32 bits per heavy atom. The number of nitrogens with one attached hydrogen (secondary N) is 3. The van der Waals surface area contributed by atoms with Gasteiger partial charge in [0.2, 0.25) is 0 Å². The Bertz CT molecular complexity index is 1510. The molecule has 0 aliphatic heterocycles. The Kier molecular flexibility index (Phi) is 7.87. The summed E-state index contributed by atoms with van der Waals surface area (Å²) >= 11 is 0. The number of aromatic nitrogens is 3. The summed E-state index contributed by atoms with van der Waals surface area (Å²) in [7, 11) is 0. The van der Waals surface area contributed by atoms with E-state index in [1.165, 1.54) is 22.8 Å². The van der Waals surface area contributed by atoms with E-state index in [0.717, 1.165) is 40.3 Å². The molecule has 5 rings (SSSR count). The lowest BCUT2D eigenvalue weighted by molar-refractivity contribution is 0.637. The fourth-order valence-electron chi connectivity index (χ4n) is 4.70. The SMILES string of the molecule is C.Cc1nc(NCCc2c(C)[nH]c3c(F)ccc(C)c23)cc(NCc2cccc(-c3ccccc3)c2)n1. The van der Waals surface area contributed by atoms with Crippen molar-refractivity contribution in [3.8, 4) is 11.1 Å². The summed E-state index contributed by atoms with van der Waals surface area (Å²) in [6.45, 7) is 7.25. The Labute approximate surface area is 218 Å². The molecule has 0 amide bonds. The molecule has 37 heavy (non-hydrogen) atoms. The molecular formula is C31H34FN5. The maximum Gasteiger partial charge on any atom is 0.147 e. The zero-order valence-electron chi connectivity index (χ0n) is 20.8. The molecular weight excluding hydrogens is 461 g/mol. The summed E-state index contributed by atoms with van der Waals surface area (Å²) in [5.74, 6) is 2.02. The van der Waals surface area contributed by atoms with E-state index in [9.17, 15) is 4.39 Å². The van der Waals surface area contributed by atoms with Gasteiger partial charge in [0.05, 0.1) is 5.52 Å². The number of anilines is 2. The molecule has 190 valence electrons.